The van der Waals surface area contributed by atoms with E-state index in [0.29, 0.717) is 28.2 Å². The Morgan fingerprint density at radius 2 is 2.04 bits per heavy atom. The number of methoxy groups -OCH3 is 1. The highest BCUT2D eigenvalue weighted by Crippen LogP contribution is 2.32. The molecule has 1 aliphatic heterocycles. The molecule has 2 aromatic carbocycles. The molecular formula is C21H21FN2O3S. The second kappa shape index (κ2) is 9.41. The van der Waals surface area contributed by atoms with Crippen LogP contribution in [0, 0.1) is 5.82 Å². The molecule has 0 spiro atoms. The van der Waals surface area contributed by atoms with Crippen LogP contribution in [0.15, 0.2) is 52.4 Å². The lowest BCUT2D eigenvalue weighted by atomic mass is 10.2. The van der Waals surface area contributed by atoms with E-state index in [0.717, 1.165) is 30.2 Å². The van der Waals surface area contributed by atoms with Gasteiger partial charge >= 0.3 is 0 Å². The van der Waals surface area contributed by atoms with Crippen molar-refractivity contribution in [2.75, 3.05) is 13.7 Å². The van der Waals surface area contributed by atoms with Gasteiger partial charge in [-0.3, -0.25) is 4.79 Å². The van der Waals surface area contributed by atoms with Gasteiger partial charge in [0.1, 0.15) is 11.5 Å². The molecular weight excluding hydrogens is 379 g/mol. The van der Waals surface area contributed by atoms with Gasteiger partial charge in [-0.05, 0) is 54.1 Å². The summed E-state index contributed by atoms with van der Waals surface area (Å²) in [7, 11) is 1.58. The maximum atomic E-state index is 13.7. The molecule has 3 rings (SSSR count). The van der Waals surface area contributed by atoms with E-state index in [2.05, 4.69) is 17.2 Å². The molecule has 1 heterocycles. The van der Waals surface area contributed by atoms with Gasteiger partial charge in [-0.1, -0.05) is 31.5 Å². The van der Waals surface area contributed by atoms with E-state index in [1.165, 1.54) is 6.07 Å². The third-order valence-electron chi connectivity index (χ3n) is 3.97. The smallest absolute Gasteiger partial charge is 0.264 e. The molecule has 1 fully saturated rings. The summed E-state index contributed by atoms with van der Waals surface area (Å²) < 4.78 is 24.9. The number of nitrogens with zero attached hydrogens (tertiary/aromatic N) is 1. The number of hydrogen-bond acceptors (Lipinski definition) is 5. The van der Waals surface area contributed by atoms with E-state index >= 15 is 0 Å². The van der Waals surface area contributed by atoms with Crippen LogP contribution in [0.5, 0.6) is 11.5 Å². The molecule has 0 saturated carbocycles. The zero-order valence-corrected chi connectivity index (χ0v) is 16.5. The Bertz CT molecular complexity index is 928. The Labute approximate surface area is 167 Å². The second-order valence-corrected chi connectivity index (χ2v) is 7.08. The number of benzene rings is 2. The first-order valence-electron chi connectivity index (χ1n) is 8.95. The highest BCUT2D eigenvalue weighted by molar-refractivity contribution is 8.18. The van der Waals surface area contributed by atoms with Gasteiger partial charge in [-0.15, -0.1) is 0 Å². The quantitative estimate of drug-likeness (QED) is 0.530. The van der Waals surface area contributed by atoms with Crippen LogP contribution in [-0.2, 0) is 4.79 Å². The van der Waals surface area contributed by atoms with E-state index in [1.54, 1.807) is 31.4 Å². The summed E-state index contributed by atoms with van der Waals surface area (Å²) in [5.41, 5.74) is 0.978. The highest BCUT2D eigenvalue weighted by atomic mass is 32.2. The number of thioether (sulfide) groups is 1. The summed E-state index contributed by atoms with van der Waals surface area (Å²) in [6, 6.07) is 11.7. The average Bonchev–Trinajstić information content (AvgIpc) is 3.03. The van der Waals surface area contributed by atoms with Crippen molar-refractivity contribution < 1.29 is 18.7 Å². The molecule has 0 aliphatic carbocycles. The maximum absolute atomic E-state index is 13.7. The normalized spacial score (nSPS) is 16.5. The topological polar surface area (TPSA) is 59.9 Å². The van der Waals surface area contributed by atoms with Gasteiger partial charge in [0, 0.05) is 0 Å². The van der Waals surface area contributed by atoms with Crippen molar-refractivity contribution in [1.29, 1.82) is 0 Å². The standard InChI is InChI=1S/C21H21FN2O3S/c1-3-4-11-27-17-10-9-14(12-18(17)26-2)13-19-20(25)24-21(28-19)23-16-8-6-5-7-15(16)22/h5-10,12-13H,3-4,11H2,1-2H3,(H,23,24,25)/b19-13-. The van der Waals surface area contributed by atoms with Gasteiger partial charge in [-0.2, -0.15) is 0 Å². The molecule has 28 heavy (non-hydrogen) atoms. The van der Waals surface area contributed by atoms with E-state index in [4.69, 9.17) is 9.47 Å². The molecule has 0 unspecified atom stereocenters. The minimum absolute atomic E-state index is 0.182. The number of aliphatic imine (C=N–C) groups is 1. The zero-order valence-electron chi connectivity index (χ0n) is 15.7. The van der Waals surface area contributed by atoms with E-state index in [1.807, 2.05) is 18.2 Å². The second-order valence-electron chi connectivity index (χ2n) is 6.05. The largest absolute Gasteiger partial charge is 0.493 e. The van der Waals surface area contributed by atoms with Crippen LogP contribution in [0.2, 0.25) is 0 Å². The lowest BCUT2D eigenvalue weighted by Crippen LogP contribution is -2.19. The zero-order chi connectivity index (χ0) is 19.9. The van der Waals surface area contributed by atoms with E-state index < -0.39 is 5.82 Å². The van der Waals surface area contributed by atoms with Gasteiger partial charge in [0.15, 0.2) is 16.7 Å². The fourth-order valence-electron chi connectivity index (χ4n) is 2.50. The molecule has 7 heteroatoms. The lowest BCUT2D eigenvalue weighted by molar-refractivity contribution is -0.115. The van der Waals surface area contributed by atoms with Crippen LogP contribution < -0.4 is 14.8 Å². The molecule has 1 aliphatic rings. The fraction of sp³-hybridized carbons (Fsp3) is 0.238. The monoisotopic (exact) mass is 400 g/mol. The van der Waals surface area contributed by atoms with Crippen molar-refractivity contribution in [2.24, 2.45) is 4.99 Å². The Balaban J connectivity index is 1.78. The molecule has 1 amide bonds. The van der Waals surface area contributed by atoms with Crippen molar-refractivity contribution in [3.05, 3.63) is 58.8 Å². The van der Waals surface area contributed by atoms with Crippen LogP contribution >= 0.6 is 11.8 Å². The van der Waals surface area contributed by atoms with Crippen molar-refractivity contribution in [3.8, 4) is 11.5 Å². The number of para-hydroxylation sites is 1. The number of rotatable bonds is 7. The maximum Gasteiger partial charge on any atom is 0.264 e. The predicted octanol–water partition coefficient (Wildman–Crippen LogP) is 4.90. The molecule has 0 bridgehead atoms. The van der Waals surface area contributed by atoms with Gasteiger partial charge in [0.25, 0.3) is 5.91 Å². The van der Waals surface area contributed by atoms with E-state index in [9.17, 15) is 9.18 Å². The Morgan fingerprint density at radius 1 is 1.21 bits per heavy atom. The Morgan fingerprint density at radius 3 is 2.79 bits per heavy atom. The fourth-order valence-corrected chi connectivity index (χ4v) is 3.34. The molecule has 0 atom stereocenters. The molecule has 1 N–H and O–H groups in total. The number of amides is 1. The molecule has 0 radical (unpaired) electrons. The van der Waals surface area contributed by atoms with Gasteiger partial charge in [-0.25, -0.2) is 9.38 Å². The van der Waals surface area contributed by atoms with Crippen LogP contribution in [0.3, 0.4) is 0 Å². The minimum atomic E-state index is -0.439. The summed E-state index contributed by atoms with van der Waals surface area (Å²) in [5.74, 6) is 0.561. The van der Waals surface area contributed by atoms with Crippen LogP contribution in [0.4, 0.5) is 10.1 Å². The first-order chi connectivity index (χ1) is 13.6. The third-order valence-corrected chi connectivity index (χ3v) is 4.88. The Kier molecular flexibility index (Phi) is 6.71. The molecule has 146 valence electrons. The molecule has 5 nitrogen and oxygen atoms in total. The number of nitrogens with one attached hydrogen (secondary N) is 1. The summed E-state index contributed by atoms with van der Waals surface area (Å²) in [6.45, 7) is 2.73. The molecule has 2 aromatic rings. The minimum Gasteiger partial charge on any atom is -0.493 e. The van der Waals surface area contributed by atoms with E-state index in [-0.39, 0.29) is 11.6 Å². The molecule has 0 aromatic heterocycles. The number of hydrogen-bond donors (Lipinski definition) is 1. The number of carbonyl (C=O) groups excluding carboxylic acids is 1. The molecule has 1 saturated heterocycles. The lowest BCUT2D eigenvalue weighted by Gasteiger charge is -2.11. The van der Waals surface area contributed by atoms with Crippen LogP contribution in [0.1, 0.15) is 25.3 Å². The summed E-state index contributed by atoms with van der Waals surface area (Å²) in [4.78, 5) is 16.9. The van der Waals surface area contributed by atoms with Gasteiger partial charge in [0.05, 0.1) is 18.6 Å². The van der Waals surface area contributed by atoms with Gasteiger partial charge in [0.2, 0.25) is 0 Å². The Hall–Kier alpha value is -2.80. The van der Waals surface area contributed by atoms with Crippen molar-refractivity contribution >= 4 is 34.6 Å². The number of unbranched alkanes of at least 4 members (excludes halogenated alkanes) is 1. The summed E-state index contributed by atoms with van der Waals surface area (Å²) in [6.07, 6.45) is 3.76. The van der Waals surface area contributed by atoms with Crippen LogP contribution in [0.25, 0.3) is 6.08 Å². The number of halogens is 1. The first kappa shape index (κ1) is 19.9. The van der Waals surface area contributed by atoms with Crippen molar-refractivity contribution in [1.82, 2.24) is 5.32 Å². The highest BCUT2D eigenvalue weighted by Gasteiger charge is 2.24. The number of carbonyl (C=O) groups is 1. The SMILES string of the molecule is CCCCOc1ccc(/C=C2\SC(=Nc3ccccc3F)NC2=O)cc1OC. The predicted molar refractivity (Wildman–Crippen MR) is 111 cm³/mol. The summed E-state index contributed by atoms with van der Waals surface area (Å²) in [5, 5.41) is 3.00. The van der Waals surface area contributed by atoms with Crippen molar-refractivity contribution in [2.45, 2.75) is 19.8 Å². The van der Waals surface area contributed by atoms with Crippen molar-refractivity contribution in [3.63, 3.8) is 0 Å². The van der Waals surface area contributed by atoms with Crippen LogP contribution in [-0.4, -0.2) is 24.8 Å². The average molecular weight is 400 g/mol. The summed E-state index contributed by atoms with van der Waals surface area (Å²) >= 11 is 1.16. The first-order valence-corrected chi connectivity index (χ1v) is 9.77. The van der Waals surface area contributed by atoms with Gasteiger partial charge < -0.3 is 14.8 Å². The number of amidine groups is 1. The number of ether oxygens (including phenoxy) is 2. The third kappa shape index (κ3) is 4.92.